The first-order valence-electron chi connectivity index (χ1n) is 13.5. The molecule has 0 aliphatic rings. The average Bonchev–Trinajstić information content (AvgIpc) is 3.43. The van der Waals surface area contributed by atoms with Gasteiger partial charge in [-0.3, -0.25) is 9.59 Å². The second-order valence-corrected chi connectivity index (χ2v) is 10.7. The minimum absolute atomic E-state index is 0.228. The lowest BCUT2D eigenvalue weighted by Crippen LogP contribution is -2.51. The van der Waals surface area contributed by atoms with E-state index in [0.717, 1.165) is 27.6 Å². The number of hydrogen-bond donors (Lipinski definition) is 3. The van der Waals surface area contributed by atoms with Gasteiger partial charge < -0.3 is 25.4 Å². The van der Waals surface area contributed by atoms with Gasteiger partial charge in [-0.1, -0.05) is 48.5 Å². The second kappa shape index (κ2) is 14.5. The molecule has 0 fully saturated rings. The van der Waals surface area contributed by atoms with E-state index in [1.807, 2.05) is 66.9 Å². The second-order valence-electron chi connectivity index (χ2n) is 9.78. The van der Waals surface area contributed by atoms with Crippen molar-refractivity contribution >= 4 is 23.2 Å². The van der Waals surface area contributed by atoms with Crippen molar-refractivity contribution in [1.82, 2.24) is 20.5 Å². The van der Waals surface area contributed by atoms with Gasteiger partial charge in [0.15, 0.2) is 0 Å². The van der Waals surface area contributed by atoms with Crippen LogP contribution in [0.15, 0.2) is 84.2 Å². The van der Waals surface area contributed by atoms with Crippen LogP contribution in [0.1, 0.15) is 42.5 Å². The minimum Gasteiger partial charge on any atom is -0.497 e. The summed E-state index contributed by atoms with van der Waals surface area (Å²) < 4.78 is 5.32. The van der Waals surface area contributed by atoms with Crippen molar-refractivity contribution in [2.75, 3.05) is 20.7 Å². The molecule has 8 nitrogen and oxygen atoms in total. The van der Waals surface area contributed by atoms with E-state index in [1.54, 1.807) is 43.3 Å². The van der Waals surface area contributed by atoms with Gasteiger partial charge in [0.2, 0.25) is 0 Å². The van der Waals surface area contributed by atoms with E-state index in [9.17, 15) is 14.7 Å². The number of nitrogens with one attached hydrogen (secondary N) is 2. The molecule has 0 saturated heterocycles. The summed E-state index contributed by atoms with van der Waals surface area (Å²) in [5.41, 5.74) is 3.65. The number of ether oxygens (including phenoxy) is 1. The number of amides is 2. The molecule has 0 aliphatic heterocycles. The molecule has 1 heterocycles. The maximum absolute atomic E-state index is 14.1. The maximum Gasteiger partial charge on any atom is 0.254 e. The van der Waals surface area contributed by atoms with E-state index in [0.29, 0.717) is 24.1 Å². The number of aliphatic hydroxyl groups is 1. The number of hydrogen-bond acceptors (Lipinski definition) is 7. The molecular weight excluding hydrogens is 536 g/mol. The Hall–Kier alpha value is -4.05. The Morgan fingerprint density at radius 1 is 1.00 bits per heavy atom. The van der Waals surface area contributed by atoms with Gasteiger partial charge >= 0.3 is 0 Å². The van der Waals surface area contributed by atoms with Crippen LogP contribution in [0.5, 0.6) is 5.75 Å². The lowest BCUT2D eigenvalue weighted by atomic mass is 9.98. The molecular formula is C32H36N4O4S. The van der Waals surface area contributed by atoms with Gasteiger partial charge in [-0.25, -0.2) is 4.98 Å². The van der Waals surface area contributed by atoms with Gasteiger partial charge in [0.05, 0.1) is 25.8 Å². The molecule has 41 heavy (non-hydrogen) atoms. The van der Waals surface area contributed by atoms with Gasteiger partial charge in [0.1, 0.15) is 10.8 Å². The van der Waals surface area contributed by atoms with Crippen LogP contribution < -0.4 is 15.4 Å². The number of rotatable bonds is 13. The molecule has 1 aromatic heterocycles. The fraction of sp³-hybridized carbons (Fsp3) is 0.281. The number of methoxy groups -OCH3 is 1. The molecule has 9 heteroatoms. The summed E-state index contributed by atoms with van der Waals surface area (Å²) >= 11 is 1.48. The monoisotopic (exact) mass is 572 g/mol. The van der Waals surface area contributed by atoms with Gasteiger partial charge in [-0.15, -0.1) is 11.3 Å². The summed E-state index contributed by atoms with van der Waals surface area (Å²) in [6.07, 6.45) is -0.457. The van der Waals surface area contributed by atoms with Crippen molar-refractivity contribution < 1.29 is 19.4 Å². The summed E-state index contributed by atoms with van der Waals surface area (Å²) in [5.74, 6) is 0.210. The zero-order chi connectivity index (χ0) is 29.2. The molecule has 2 atom stereocenters. The predicted molar refractivity (Wildman–Crippen MR) is 161 cm³/mol. The standard InChI is InChI=1S/C32H36N4O4S/c1-22-21-41-30(35-22)20-36(32(39)26-13-8-12-25(17-26)31(38)33-2)28(16-23-9-5-4-6-10-23)29(37)19-34-18-24-11-7-14-27(15-24)40-3/h4-15,17,21,28-29,34,37H,16,18-20H2,1-3H3,(H,33,38)/t28-,29+/m0/s1. The molecule has 3 N–H and O–H groups in total. The first kappa shape index (κ1) is 29.9. The smallest absolute Gasteiger partial charge is 0.254 e. The summed E-state index contributed by atoms with van der Waals surface area (Å²) in [4.78, 5) is 32.7. The van der Waals surface area contributed by atoms with Crippen LogP contribution in [0.3, 0.4) is 0 Å². The summed E-state index contributed by atoms with van der Waals surface area (Å²) in [7, 11) is 3.18. The molecule has 0 saturated carbocycles. The highest BCUT2D eigenvalue weighted by molar-refractivity contribution is 7.09. The largest absolute Gasteiger partial charge is 0.497 e. The third kappa shape index (κ3) is 8.23. The van der Waals surface area contributed by atoms with Crippen LogP contribution in [0.2, 0.25) is 0 Å². The molecule has 2 amide bonds. The summed E-state index contributed by atoms with van der Waals surface area (Å²) in [5, 5.41) is 20.3. The highest BCUT2D eigenvalue weighted by Gasteiger charge is 2.32. The van der Waals surface area contributed by atoms with Crippen molar-refractivity contribution in [2.24, 2.45) is 0 Å². The van der Waals surface area contributed by atoms with E-state index in [-0.39, 0.29) is 24.9 Å². The number of carbonyl (C=O) groups excluding carboxylic acids is 2. The molecule has 0 bridgehead atoms. The Morgan fingerprint density at radius 3 is 2.44 bits per heavy atom. The summed E-state index contributed by atoms with van der Waals surface area (Å²) in [6, 6.07) is 23.6. The zero-order valence-electron chi connectivity index (χ0n) is 23.5. The molecule has 4 aromatic rings. The van der Waals surface area contributed by atoms with Crippen LogP contribution in [-0.4, -0.2) is 59.7 Å². The fourth-order valence-electron chi connectivity index (χ4n) is 4.66. The van der Waals surface area contributed by atoms with Crippen molar-refractivity contribution in [2.45, 2.75) is 38.6 Å². The normalized spacial score (nSPS) is 12.4. The predicted octanol–water partition coefficient (Wildman–Crippen LogP) is 4.22. The fourth-order valence-corrected chi connectivity index (χ4v) is 5.43. The van der Waals surface area contributed by atoms with Crippen LogP contribution in [-0.2, 0) is 19.5 Å². The van der Waals surface area contributed by atoms with E-state index in [1.165, 1.54) is 11.3 Å². The molecule has 0 radical (unpaired) electrons. The lowest BCUT2D eigenvalue weighted by molar-refractivity contribution is 0.0325. The Balaban J connectivity index is 1.64. The van der Waals surface area contributed by atoms with Crippen molar-refractivity contribution in [3.8, 4) is 5.75 Å². The number of aromatic nitrogens is 1. The first-order chi connectivity index (χ1) is 19.9. The summed E-state index contributed by atoms with van der Waals surface area (Å²) in [6.45, 7) is 2.93. The number of benzene rings is 3. The highest BCUT2D eigenvalue weighted by Crippen LogP contribution is 2.22. The third-order valence-corrected chi connectivity index (χ3v) is 7.73. The Kier molecular flexibility index (Phi) is 10.6. The Morgan fingerprint density at radius 2 is 1.73 bits per heavy atom. The third-order valence-electron chi connectivity index (χ3n) is 6.78. The van der Waals surface area contributed by atoms with Crippen molar-refractivity contribution in [1.29, 1.82) is 0 Å². The van der Waals surface area contributed by atoms with Gasteiger partial charge in [0.25, 0.3) is 11.8 Å². The minimum atomic E-state index is -0.895. The maximum atomic E-state index is 14.1. The molecule has 214 valence electrons. The Bertz CT molecular complexity index is 1440. The van der Waals surface area contributed by atoms with Crippen LogP contribution in [0, 0.1) is 6.92 Å². The molecule has 4 rings (SSSR count). The van der Waals surface area contributed by atoms with E-state index < -0.39 is 12.1 Å². The van der Waals surface area contributed by atoms with E-state index >= 15 is 0 Å². The number of aryl methyl sites for hydroxylation is 1. The topological polar surface area (TPSA) is 104 Å². The Labute approximate surface area is 245 Å². The number of carbonyl (C=O) groups is 2. The van der Waals surface area contributed by atoms with Gasteiger partial charge in [-0.05, 0) is 54.8 Å². The average molecular weight is 573 g/mol. The van der Waals surface area contributed by atoms with E-state index in [2.05, 4.69) is 15.6 Å². The van der Waals surface area contributed by atoms with Crippen molar-refractivity contribution in [3.05, 3.63) is 117 Å². The lowest BCUT2D eigenvalue weighted by Gasteiger charge is -2.35. The first-order valence-corrected chi connectivity index (χ1v) is 14.4. The van der Waals surface area contributed by atoms with Gasteiger partial charge in [0, 0.05) is 42.3 Å². The quantitative estimate of drug-likeness (QED) is 0.222. The zero-order valence-corrected chi connectivity index (χ0v) is 24.4. The van der Waals surface area contributed by atoms with Crippen molar-refractivity contribution in [3.63, 3.8) is 0 Å². The van der Waals surface area contributed by atoms with Crippen LogP contribution in [0.4, 0.5) is 0 Å². The highest BCUT2D eigenvalue weighted by atomic mass is 32.1. The molecule has 0 unspecified atom stereocenters. The number of thiazole rings is 1. The molecule has 0 aliphatic carbocycles. The van der Waals surface area contributed by atoms with Crippen LogP contribution >= 0.6 is 11.3 Å². The SMILES string of the molecule is CNC(=O)c1cccc(C(=O)N(Cc2nc(C)cs2)[C@@H](Cc2ccccc2)[C@H](O)CNCc2cccc(OC)c2)c1. The van der Waals surface area contributed by atoms with Crippen LogP contribution in [0.25, 0.3) is 0 Å². The number of aliphatic hydroxyl groups excluding tert-OH is 1. The van der Waals surface area contributed by atoms with E-state index in [4.69, 9.17) is 4.74 Å². The molecule has 0 spiro atoms. The number of nitrogens with zero attached hydrogens (tertiary/aromatic N) is 2. The van der Waals surface area contributed by atoms with Gasteiger partial charge in [-0.2, -0.15) is 0 Å². The molecule has 3 aromatic carbocycles.